The molecular formula is C109H85BN4. The minimum Gasteiger partial charge on any atom is -0.310 e. The Morgan fingerprint density at radius 3 is 1.03 bits per heavy atom. The van der Waals surface area contributed by atoms with Crippen LogP contribution in [0.15, 0.2) is 352 Å². The van der Waals surface area contributed by atoms with Gasteiger partial charge in [-0.1, -0.05) is 341 Å². The Hall–Kier alpha value is -13.2. The quantitative estimate of drug-likeness (QED) is 0.141. The molecule has 0 unspecified atom stereocenters. The van der Waals surface area contributed by atoms with Crippen LogP contribution < -0.4 is 26.2 Å². The van der Waals surface area contributed by atoms with Crippen LogP contribution in [0.25, 0.3) is 122 Å². The van der Waals surface area contributed by atoms with Crippen LogP contribution in [0.4, 0.5) is 34.1 Å². The highest BCUT2D eigenvalue weighted by Gasteiger charge is 2.53. The van der Waals surface area contributed by atoms with Crippen molar-refractivity contribution in [2.45, 2.75) is 84.0 Å². The van der Waals surface area contributed by atoms with Crippen LogP contribution in [-0.2, 0) is 21.7 Å². The average Bonchev–Trinajstić information content (AvgIpc) is 1.49. The van der Waals surface area contributed by atoms with Crippen molar-refractivity contribution in [2.24, 2.45) is 0 Å². The van der Waals surface area contributed by atoms with Gasteiger partial charge in [0.05, 0.1) is 38.9 Å². The summed E-state index contributed by atoms with van der Waals surface area (Å²) in [6.45, 7) is 21.0. The highest BCUT2D eigenvalue weighted by atomic mass is 15.2. The molecule has 18 aromatic rings. The number of hydrogen-bond acceptors (Lipinski definition) is 2. The maximum Gasteiger partial charge on any atom is 0.252 e. The predicted molar refractivity (Wildman–Crippen MR) is 483 cm³/mol. The smallest absolute Gasteiger partial charge is 0.252 e. The molecule has 0 bridgehead atoms. The molecule has 0 N–H and O–H groups in total. The Morgan fingerprint density at radius 1 is 0.254 bits per heavy atom. The van der Waals surface area contributed by atoms with Gasteiger partial charge in [-0.3, -0.25) is 0 Å². The molecule has 114 heavy (non-hydrogen) atoms. The fraction of sp³-hybridized carbons (Fsp3) is 0.119. The first-order chi connectivity index (χ1) is 55.5. The maximum atomic E-state index is 2.73. The summed E-state index contributed by atoms with van der Waals surface area (Å²) >= 11 is 0. The molecule has 2 aromatic heterocycles. The van der Waals surface area contributed by atoms with Gasteiger partial charge < -0.3 is 18.9 Å². The van der Waals surface area contributed by atoms with Gasteiger partial charge in [0.15, 0.2) is 0 Å². The highest BCUT2D eigenvalue weighted by Crippen LogP contribution is 2.65. The summed E-state index contributed by atoms with van der Waals surface area (Å²) < 4.78 is 5.17. The van der Waals surface area contributed by atoms with E-state index in [0.29, 0.717) is 0 Å². The molecule has 0 radical (unpaired) electrons. The van der Waals surface area contributed by atoms with Crippen LogP contribution in [0.2, 0.25) is 0 Å². The Balaban J connectivity index is 0.881. The summed E-state index contributed by atoms with van der Waals surface area (Å²) in [7, 11) is 0. The van der Waals surface area contributed by atoms with E-state index < -0.39 is 5.41 Å². The first kappa shape index (κ1) is 67.7. The molecule has 5 heteroatoms. The lowest BCUT2D eigenvalue weighted by Gasteiger charge is -2.46. The van der Waals surface area contributed by atoms with Crippen molar-refractivity contribution >= 4 is 101 Å². The molecule has 4 aliphatic rings. The Labute approximate surface area is 668 Å². The summed E-state index contributed by atoms with van der Waals surface area (Å²) in [5.74, 6) is 0. The summed E-state index contributed by atoms with van der Waals surface area (Å²) in [5.41, 5.74) is 39.9. The zero-order chi connectivity index (χ0) is 76.8. The van der Waals surface area contributed by atoms with Gasteiger partial charge in [0.2, 0.25) is 0 Å². The van der Waals surface area contributed by atoms with E-state index in [0.717, 1.165) is 95.5 Å². The van der Waals surface area contributed by atoms with E-state index in [2.05, 4.69) is 433 Å². The number of hydrogen-bond donors (Lipinski definition) is 0. The van der Waals surface area contributed by atoms with Gasteiger partial charge in [0.1, 0.15) is 0 Å². The Morgan fingerprint density at radius 2 is 0.605 bits per heavy atom. The number of para-hydroxylation sites is 3. The van der Waals surface area contributed by atoms with Crippen LogP contribution in [-0.4, -0.2) is 15.8 Å². The molecule has 2 aliphatic heterocycles. The number of aromatic nitrogens is 2. The predicted octanol–water partition coefficient (Wildman–Crippen LogP) is 26.9. The summed E-state index contributed by atoms with van der Waals surface area (Å²) in [5, 5.41) is 5.03. The number of benzene rings is 16. The molecule has 1 spiro atoms. The second-order valence-electron chi connectivity index (χ2n) is 35.1. The molecule has 22 rings (SSSR count). The normalized spacial score (nSPS) is 13.7. The van der Waals surface area contributed by atoms with Crippen molar-refractivity contribution in [3.05, 3.63) is 391 Å². The lowest BCUT2D eigenvalue weighted by Crippen LogP contribution is -2.61. The van der Waals surface area contributed by atoms with Crippen molar-refractivity contribution in [2.75, 3.05) is 9.80 Å². The van der Waals surface area contributed by atoms with Crippen LogP contribution in [0.5, 0.6) is 0 Å². The zero-order valence-corrected chi connectivity index (χ0v) is 65.9. The molecule has 16 aromatic carbocycles. The molecule has 0 saturated carbocycles. The zero-order valence-electron chi connectivity index (χ0n) is 65.9. The van der Waals surface area contributed by atoms with E-state index >= 15 is 0 Å². The van der Waals surface area contributed by atoms with Gasteiger partial charge in [-0.05, 0) is 189 Å². The number of anilines is 6. The first-order valence-corrected chi connectivity index (χ1v) is 40.5. The first-order valence-electron chi connectivity index (χ1n) is 40.5. The average molecular weight is 1460 g/mol. The lowest BCUT2D eigenvalue weighted by molar-refractivity contribution is 0.590. The molecule has 0 saturated heterocycles. The fourth-order valence-electron chi connectivity index (χ4n) is 20.3. The van der Waals surface area contributed by atoms with Crippen molar-refractivity contribution < 1.29 is 0 Å². The van der Waals surface area contributed by atoms with E-state index in [1.54, 1.807) is 0 Å². The largest absolute Gasteiger partial charge is 0.310 e. The van der Waals surface area contributed by atoms with E-state index in [1.807, 2.05) is 0 Å². The van der Waals surface area contributed by atoms with Gasteiger partial charge in [-0.15, -0.1) is 0 Å². The lowest BCUT2D eigenvalue weighted by atomic mass is 9.33. The minimum atomic E-state index is -0.569. The van der Waals surface area contributed by atoms with Crippen LogP contribution in [0, 0.1) is 0 Å². The van der Waals surface area contributed by atoms with Crippen molar-refractivity contribution in [1.29, 1.82) is 0 Å². The SMILES string of the molecule is CC(C)(C)c1cc2c3c(c1)N(c1c(-c4ccccc4)cccc1-c1ccccc1)c1cc(-n4c5ccccc5c5c6c(ccc54)-c4ccccc4C64c5ccccc5-c5ccccc54)ccc1B3c1ccc(-n3c4ccc(C(C)(C)C)cc4c4cc(C(C)(C)C)ccc43)cc1N2c1c(-c2ccccc2)cccc1-c1ccccc1. The monoisotopic (exact) mass is 1460 g/mol. The van der Waals surface area contributed by atoms with E-state index in [4.69, 9.17) is 0 Å². The van der Waals surface area contributed by atoms with Gasteiger partial charge >= 0.3 is 0 Å². The highest BCUT2D eigenvalue weighted by molar-refractivity contribution is 7.00. The standard InChI is InChI=1S/C109H85BN4/c1-106(2,3)72-52-59-94-86(62-72)87-63-73(107(4,5)6)53-60-95(87)111(94)75-54-57-91-97(66-75)113(104-77(68-32-14-10-15-33-68)44-30-45-78(104)69-34-16-11-17-35-69)99-64-74(108(7,8)9)65-100-103(99)110(91)92-58-55-76(67-98(92)114(100)105-79(70-36-18-12-19-37-70)46-31-47-80(105)71-38-20-13-21-39-71)112-93-51-29-25-43-85(93)101-96(112)61-56-84-83-42-24-28-50-90(83)109(102(84)101)88-48-26-22-40-81(88)82-41-23-27-49-89(82)109/h10-67H,1-9H3. The summed E-state index contributed by atoms with van der Waals surface area (Å²) in [6.07, 6.45) is 0. The number of nitrogens with zero attached hydrogens (tertiary/aromatic N) is 4. The third-order valence-electron chi connectivity index (χ3n) is 25.6. The molecule has 0 fully saturated rings. The molecule has 0 atom stereocenters. The third-order valence-corrected chi connectivity index (χ3v) is 25.6. The van der Waals surface area contributed by atoms with Crippen molar-refractivity contribution in [3.8, 4) is 78.1 Å². The summed E-state index contributed by atoms with van der Waals surface area (Å²) in [4.78, 5) is 5.45. The Bertz CT molecular complexity index is 6790. The van der Waals surface area contributed by atoms with Crippen LogP contribution in [0.1, 0.15) is 101 Å². The molecule has 544 valence electrons. The fourth-order valence-corrected chi connectivity index (χ4v) is 20.3. The minimum absolute atomic E-state index is 0.0626. The number of fused-ring (bicyclic) bond motifs is 21. The third kappa shape index (κ3) is 9.84. The molecular weight excluding hydrogens is 1380 g/mol. The van der Waals surface area contributed by atoms with Gasteiger partial charge in [-0.2, -0.15) is 0 Å². The van der Waals surface area contributed by atoms with Crippen LogP contribution >= 0.6 is 0 Å². The van der Waals surface area contributed by atoms with Gasteiger partial charge in [-0.25, -0.2) is 0 Å². The maximum absolute atomic E-state index is 2.73. The van der Waals surface area contributed by atoms with E-state index in [1.165, 1.54) is 116 Å². The second-order valence-corrected chi connectivity index (χ2v) is 35.1. The molecule has 4 heterocycles. The molecule has 4 nitrogen and oxygen atoms in total. The summed E-state index contributed by atoms with van der Waals surface area (Å²) in [6, 6.07) is 135. The van der Waals surface area contributed by atoms with E-state index in [-0.39, 0.29) is 23.0 Å². The second kappa shape index (κ2) is 24.9. The van der Waals surface area contributed by atoms with Gasteiger partial charge in [0.25, 0.3) is 6.71 Å². The van der Waals surface area contributed by atoms with Gasteiger partial charge in [0, 0.05) is 77.9 Å². The number of rotatable bonds is 8. The molecule has 0 amide bonds. The topological polar surface area (TPSA) is 16.3 Å². The van der Waals surface area contributed by atoms with E-state index in [9.17, 15) is 0 Å². The van der Waals surface area contributed by atoms with Crippen molar-refractivity contribution in [3.63, 3.8) is 0 Å². The molecule has 2 aliphatic carbocycles. The Kier molecular flexibility index (Phi) is 14.8. The van der Waals surface area contributed by atoms with Crippen molar-refractivity contribution in [1.82, 2.24) is 9.13 Å². The van der Waals surface area contributed by atoms with Crippen LogP contribution in [0.3, 0.4) is 0 Å².